The third-order valence-corrected chi connectivity index (χ3v) is 6.04. The highest BCUT2D eigenvalue weighted by atomic mass is 35.5. The third-order valence-electron chi connectivity index (χ3n) is 4.14. The monoisotopic (exact) mass is 358 g/mol. The Hall–Kier alpha value is -1.15. The van der Waals surface area contributed by atoms with Crippen LogP contribution in [0.1, 0.15) is 29.6 Å². The second-order valence-corrected chi connectivity index (χ2v) is 7.92. The van der Waals surface area contributed by atoms with Crippen LogP contribution in [-0.2, 0) is 14.8 Å². The number of halogens is 1. The van der Waals surface area contributed by atoms with Crippen LogP contribution in [0.25, 0.3) is 0 Å². The van der Waals surface area contributed by atoms with Crippen molar-refractivity contribution in [1.29, 1.82) is 0 Å². The molecule has 2 aliphatic heterocycles. The fraction of sp³-hybridized carbons (Fsp3) is 0.533. The SMILES string of the molecule is O=C(c1ccc(Cl)c(S(=O)(=O)NCC2CCCO2)c1)N1CCC1. The van der Waals surface area contributed by atoms with Crippen molar-refractivity contribution in [3.8, 4) is 0 Å². The van der Waals surface area contributed by atoms with E-state index in [0.717, 1.165) is 19.3 Å². The predicted molar refractivity (Wildman–Crippen MR) is 86.1 cm³/mol. The number of sulfonamides is 1. The highest BCUT2D eigenvalue weighted by Gasteiger charge is 2.26. The number of rotatable bonds is 5. The smallest absolute Gasteiger partial charge is 0.253 e. The molecule has 1 unspecified atom stereocenters. The van der Waals surface area contributed by atoms with E-state index in [1.54, 1.807) is 11.0 Å². The normalized spacial score (nSPS) is 21.3. The maximum atomic E-state index is 12.5. The van der Waals surface area contributed by atoms with E-state index < -0.39 is 10.0 Å². The summed E-state index contributed by atoms with van der Waals surface area (Å²) < 4.78 is 32.9. The second-order valence-electron chi connectivity index (χ2n) is 5.78. The first-order chi connectivity index (χ1) is 11.0. The highest BCUT2D eigenvalue weighted by Crippen LogP contribution is 2.24. The van der Waals surface area contributed by atoms with Crippen LogP contribution in [0.15, 0.2) is 23.1 Å². The van der Waals surface area contributed by atoms with Crippen LogP contribution in [0.4, 0.5) is 0 Å². The van der Waals surface area contributed by atoms with Gasteiger partial charge in [-0.05, 0) is 37.5 Å². The Labute approximate surface area is 140 Å². The first-order valence-electron chi connectivity index (χ1n) is 7.67. The number of amides is 1. The van der Waals surface area contributed by atoms with E-state index in [4.69, 9.17) is 16.3 Å². The van der Waals surface area contributed by atoms with Gasteiger partial charge in [-0.25, -0.2) is 13.1 Å². The standard InChI is InChI=1S/C15H19ClN2O4S/c16-13-5-4-11(15(19)18-6-2-7-18)9-14(13)23(20,21)17-10-12-3-1-8-22-12/h4-5,9,12,17H,1-3,6-8,10H2. The molecule has 1 N–H and O–H groups in total. The van der Waals surface area contributed by atoms with E-state index >= 15 is 0 Å². The molecule has 0 radical (unpaired) electrons. The number of hydrogen-bond acceptors (Lipinski definition) is 4. The maximum absolute atomic E-state index is 12.5. The Morgan fingerprint density at radius 1 is 1.35 bits per heavy atom. The average molecular weight is 359 g/mol. The van der Waals surface area contributed by atoms with E-state index in [-0.39, 0.29) is 28.5 Å². The van der Waals surface area contributed by atoms with Crippen molar-refractivity contribution < 1.29 is 17.9 Å². The molecule has 1 atom stereocenters. The zero-order valence-corrected chi connectivity index (χ0v) is 14.2. The van der Waals surface area contributed by atoms with Gasteiger partial charge in [0.2, 0.25) is 10.0 Å². The average Bonchev–Trinajstić information content (AvgIpc) is 2.97. The van der Waals surface area contributed by atoms with Gasteiger partial charge in [-0.3, -0.25) is 4.79 Å². The number of likely N-dealkylation sites (tertiary alicyclic amines) is 1. The highest BCUT2D eigenvalue weighted by molar-refractivity contribution is 7.89. The number of hydrogen-bond donors (Lipinski definition) is 1. The predicted octanol–water partition coefficient (Wildman–Crippen LogP) is 1.64. The van der Waals surface area contributed by atoms with Gasteiger partial charge in [0.05, 0.1) is 11.1 Å². The molecule has 2 saturated heterocycles. The molecule has 0 saturated carbocycles. The molecule has 1 aromatic rings. The van der Waals surface area contributed by atoms with Crippen molar-refractivity contribution in [2.45, 2.75) is 30.3 Å². The summed E-state index contributed by atoms with van der Waals surface area (Å²) in [6, 6.07) is 4.36. The fourth-order valence-electron chi connectivity index (χ4n) is 2.63. The van der Waals surface area contributed by atoms with Gasteiger partial charge in [0.25, 0.3) is 5.91 Å². The minimum Gasteiger partial charge on any atom is -0.377 e. The van der Waals surface area contributed by atoms with Crippen LogP contribution in [0.3, 0.4) is 0 Å². The molecule has 8 heteroatoms. The number of nitrogens with one attached hydrogen (secondary N) is 1. The minimum atomic E-state index is -3.78. The summed E-state index contributed by atoms with van der Waals surface area (Å²) in [5.41, 5.74) is 0.339. The van der Waals surface area contributed by atoms with Gasteiger partial charge in [0, 0.05) is 31.8 Å². The van der Waals surface area contributed by atoms with Crippen LogP contribution in [-0.4, -0.2) is 51.6 Å². The third kappa shape index (κ3) is 3.68. The Bertz CT molecular complexity index is 697. The molecule has 1 amide bonds. The molecule has 2 aliphatic rings. The molecule has 23 heavy (non-hydrogen) atoms. The van der Waals surface area contributed by atoms with Crippen molar-refractivity contribution in [2.24, 2.45) is 0 Å². The number of ether oxygens (including phenoxy) is 1. The van der Waals surface area contributed by atoms with Crippen LogP contribution < -0.4 is 4.72 Å². The Morgan fingerprint density at radius 3 is 2.74 bits per heavy atom. The van der Waals surface area contributed by atoms with Gasteiger partial charge in [-0.2, -0.15) is 0 Å². The quantitative estimate of drug-likeness (QED) is 0.868. The summed E-state index contributed by atoms with van der Waals surface area (Å²) in [7, 11) is -3.78. The fourth-order valence-corrected chi connectivity index (χ4v) is 4.22. The molecule has 0 aromatic heterocycles. The molecule has 6 nitrogen and oxygen atoms in total. The molecule has 2 heterocycles. The molecular weight excluding hydrogens is 340 g/mol. The number of carbonyl (C=O) groups excluding carboxylic acids is 1. The summed E-state index contributed by atoms with van der Waals surface area (Å²) in [5, 5.41) is 0.102. The van der Waals surface area contributed by atoms with Crippen LogP contribution in [0.2, 0.25) is 5.02 Å². The number of benzene rings is 1. The lowest BCUT2D eigenvalue weighted by atomic mass is 10.1. The van der Waals surface area contributed by atoms with Crippen molar-refractivity contribution in [1.82, 2.24) is 9.62 Å². The van der Waals surface area contributed by atoms with Crippen molar-refractivity contribution in [3.63, 3.8) is 0 Å². The van der Waals surface area contributed by atoms with E-state index in [1.807, 2.05) is 0 Å². The first-order valence-corrected chi connectivity index (χ1v) is 9.53. The molecule has 2 fully saturated rings. The minimum absolute atomic E-state index is 0.0662. The first kappa shape index (κ1) is 16.7. The van der Waals surface area contributed by atoms with E-state index in [9.17, 15) is 13.2 Å². The Morgan fingerprint density at radius 2 is 2.13 bits per heavy atom. The van der Waals surface area contributed by atoms with Gasteiger partial charge in [0.15, 0.2) is 0 Å². The van der Waals surface area contributed by atoms with Gasteiger partial charge >= 0.3 is 0 Å². The van der Waals surface area contributed by atoms with Gasteiger partial charge < -0.3 is 9.64 Å². The van der Waals surface area contributed by atoms with Gasteiger partial charge in [0.1, 0.15) is 4.90 Å². The molecule has 0 bridgehead atoms. The largest absolute Gasteiger partial charge is 0.377 e. The Kier molecular flexibility index (Phi) is 4.91. The second kappa shape index (κ2) is 6.76. The van der Waals surface area contributed by atoms with E-state index in [1.165, 1.54) is 12.1 Å². The zero-order chi connectivity index (χ0) is 16.4. The zero-order valence-electron chi connectivity index (χ0n) is 12.6. The summed E-state index contributed by atoms with van der Waals surface area (Å²) in [6.07, 6.45) is 2.65. The molecular formula is C15H19ClN2O4S. The molecule has 0 aliphatic carbocycles. The number of carbonyl (C=O) groups is 1. The maximum Gasteiger partial charge on any atom is 0.253 e. The topological polar surface area (TPSA) is 75.7 Å². The lowest BCUT2D eigenvalue weighted by molar-refractivity contribution is 0.0651. The summed E-state index contributed by atoms with van der Waals surface area (Å²) >= 11 is 6.03. The van der Waals surface area contributed by atoms with Crippen molar-refractivity contribution >= 4 is 27.5 Å². The van der Waals surface area contributed by atoms with Gasteiger partial charge in [-0.15, -0.1) is 0 Å². The van der Waals surface area contributed by atoms with E-state index in [0.29, 0.717) is 25.3 Å². The van der Waals surface area contributed by atoms with E-state index in [2.05, 4.69) is 4.72 Å². The number of nitrogens with zero attached hydrogens (tertiary/aromatic N) is 1. The lowest BCUT2D eigenvalue weighted by Gasteiger charge is -2.31. The molecule has 126 valence electrons. The lowest BCUT2D eigenvalue weighted by Crippen LogP contribution is -2.42. The molecule has 1 aromatic carbocycles. The summed E-state index contributed by atoms with van der Waals surface area (Å²) in [4.78, 5) is 13.8. The van der Waals surface area contributed by atoms with Crippen LogP contribution in [0, 0.1) is 0 Å². The summed E-state index contributed by atoms with van der Waals surface area (Å²) in [6.45, 7) is 2.29. The molecule has 3 rings (SSSR count). The summed E-state index contributed by atoms with van der Waals surface area (Å²) in [5.74, 6) is -0.163. The van der Waals surface area contributed by atoms with Crippen LogP contribution >= 0.6 is 11.6 Å². The Balaban J connectivity index is 1.77. The van der Waals surface area contributed by atoms with Gasteiger partial charge in [-0.1, -0.05) is 11.6 Å². The van der Waals surface area contributed by atoms with Crippen molar-refractivity contribution in [2.75, 3.05) is 26.2 Å². The molecule has 0 spiro atoms. The van der Waals surface area contributed by atoms with Crippen molar-refractivity contribution in [3.05, 3.63) is 28.8 Å². The van der Waals surface area contributed by atoms with Crippen LogP contribution in [0.5, 0.6) is 0 Å².